The second-order valence-electron chi connectivity index (χ2n) is 4.80. The quantitative estimate of drug-likeness (QED) is 0.789. The zero-order valence-corrected chi connectivity index (χ0v) is 11.5. The first-order chi connectivity index (χ1) is 9.81. The van der Waals surface area contributed by atoms with Crippen molar-refractivity contribution in [3.63, 3.8) is 0 Å². The Kier molecular flexibility index (Phi) is 3.44. The van der Waals surface area contributed by atoms with E-state index < -0.39 is 0 Å². The highest BCUT2D eigenvalue weighted by molar-refractivity contribution is 5.82. The average Bonchev–Trinajstić information content (AvgIpc) is 2.53. The maximum atomic E-state index is 6.46. The first-order valence-corrected chi connectivity index (χ1v) is 6.84. The lowest BCUT2D eigenvalue weighted by Gasteiger charge is -2.16. The molecular formula is C17H17N3. The first-order valence-electron chi connectivity index (χ1n) is 6.84. The highest BCUT2D eigenvalue weighted by Crippen LogP contribution is 2.26. The topological polar surface area (TPSA) is 51.8 Å². The summed E-state index contributed by atoms with van der Waals surface area (Å²) in [6.07, 6.45) is 4.53. The summed E-state index contributed by atoms with van der Waals surface area (Å²) >= 11 is 0. The van der Waals surface area contributed by atoms with Gasteiger partial charge in [0.1, 0.15) is 0 Å². The summed E-state index contributed by atoms with van der Waals surface area (Å²) < 4.78 is 0. The van der Waals surface area contributed by atoms with Crippen LogP contribution >= 0.6 is 0 Å². The SMILES string of the molecule is CCc1cccnc1C(N)c1cccc2cccnc12. The zero-order valence-electron chi connectivity index (χ0n) is 11.5. The van der Waals surface area contributed by atoms with Gasteiger partial charge in [-0.15, -0.1) is 0 Å². The van der Waals surface area contributed by atoms with E-state index in [4.69, 9.17) is 5.73 Å². The lowest BCUT2D eigenvalue weighted by molar-refractivity contribution is 0.810. The third-order valence-electron chi connectivity index (χ3n) is 3.60. The van der Waals surface area contributed by atoms with Crippen LogP contribution < -0.4 is 5.73 Å². The van der Waals surface area contributed by atoms with Gasteiger partial charge in [0, 0.05) is 23.3 Å². The zero-order chi connectivity index (χ0) is 13.9. The Labute approximate surface area is 118 Å². The van der Waals surface area contributed by atoms with E-state index in [0.717, 1.165) is 28.6 Å². The number of pyridine rings is 2. The molecule has 0 fully saturated rings. The van der Waals surface area contributed by atoms with Gasteiger partial charge in [-0.2, -0.15) is 0 Å². The molecule has 100 valence electrons. The van der Waals surface area contributed by atoms with Gasteiger partial charge in [-0.25, -0.2) is 0 Å². The molecule has 3 heteroatoms. The van der Waals surface area contributed by atoms with Gasteiger partial charge in [0.2, 0.25) is 0 Å². The Morgan fingerprint density at radius 2 is 1.75 bits per heavy atom. The molecule has 2 heterocycles. The predicted octanol–water partition coefficient (Wildman–Crippen LogP) is 3.24. The van der Waals surface area contributed by atoms with E-state index in [0.29, 0.717) is 0 Å². The Morgan fingerprint density at radius 1 is 1.00 bits per heavy atom. The van der Waals surface area contributed by atoms with Crippen molar-refractivity contribution in [2.45, 2.75) is 19.4 Å². The lowest BCUT2D eigenvalue weighted by atomic mass is 9.97. The van der Waals surface area contributed by atoms with Gasteiger partial charge < -0.3 is 5.73 Å². The minimum absolute atomic E-state index is 0.246. The van der Waals surface area contributed by atoms with Gasteiger partial charge in [-0.3, -0.25) is 9.97 Å². The van der Waals surface area contributed by atoms with Crippen LogP contribution in [-0.2, 0) is 6.42 Å². The van der Waals surface area contributed by atoms with Crippen LogP contribution in [0.2, 0.25) is 0 Å². The standard InChI is InChI=1S/C17H17N3/c1-2-12-7-4-11-20-17(12)15(18)14-9-3-6-13-8-5-10-19-16(13)14/h3-11,15H,2,18H2,1H3. The molecule has 3 nitrogen and oxygen atoms in total. The van der Waals surface area contributed by atoms with Crippen molar-refractivity contribution in [2.24, 2.45) is 5.73 Å². The monoisotopic (exact) mass is 263 g/mol. The number of benzene rings is 1. The molecule has 20 heavy (non-hydrogen) atoms. The van der Waals surface area contributed by atoms with Gasteiger partial charge in [0.05, 0.1) is 17.3 Å². The molecule has 1 atom stereocenters. The predicted molar refractivity (Wildman–Crippen MR) is 81.4 cm³/mol. The second kappa shape index (κ2) is 5.39. The molecule has 0 aliphatic heterocycles. The Morgan fingerprint density at radius 3 is 2.60 bits per heavy atom. The summed E-state index contributed by atoms with van der Waals surface area (Å²) in [6, 6.07) is 13.9. The van der Waals surface area contributed by atoms with E-state index in [1.54, 1.807) is 12.4 Å². The molecule has 2 aromatic heterocycles. The summed E-state index contributed by atoms with van der Waals surface area (Å²) in [5, 5.41) is 1.11. The molecule has 1 aromatic carbocycles. The Hall–Kier alpha value is -2.26. The van der Waals surface area contributed by atoms with Gasteiger partial charge in [-0.05, 0) is 24.1 Å². The molecule has 0 spiro atoms. The number of aryl methyl sites for hydroxylation is 1. The molecule has 0 saturated heterocycles. The van der Waals surface area contributed by atoms with Gasteiger partial charge in [0.25, 0.3) is 0 Å². The maximum absolute atomic E-state index is 6.46. The molecule has 0 radical (unpaired) electrons. The molecule has 0 saturated carbocycles. The van der Waals surface area contributed by atoms with Crippen LogP contribution in [0.25, 0.3) is 10.9 Å². The lowest BCUT2D eigenvalue weighted by Crippen LogP contribution is -2.16. The smallest absolute Gasteiger partial charge is 0.0753 e. The minimum atomic E-state index is -0.246. The van der Waals surface area contributed by atoms with Crippen molar-refractivity contribution < 1.29 is 0 Å². The van der Waals surface area contributed by atoms with Crippen LogP contribution in [0.1, 0.15) is 29.8 Å². The van der Waals surface area contributed by atoms with Crippen LogP contribution in [0, 0.1) is 0 Å². The van der Waals surface area contributed by atoms with Crippen molar-refractivity contribution in [3.05, 3.63) is 71.7 Å². The molecule has 3 rings (SSSR count). The number of nitrogens with zero attached hydrogens (tertiary/aromatic N) is 2. The number of rotatable bonds is 3. The Bertz CT molecular complexity index is 732. The van der Waals surface area contributed by atoms with Crippen LogP contribution in [-0.4, -0.2) is 9.97 Å². The van der Waals surface area contributed by atoms with Crippen molar-refractivity contribution in [2.75, 3.05) is 0 Å². The fraction of sp³-hybridized carbons (Fsp3) is 0.176. The van der Waals surface area contributed by atoms with E-state index in [1.165, 1.54) is 5.56 Å². The highest BCUT2D eigenvalue weighted by atomic mass is 14.8. The average molecular weight is 263 g/mol. The number of fused-ring (bicyclic) bond motifs is 1. The van der Waals surface area contributed by atoms with Crippen LogP contribution in [0.5, 0.6) is 0 Å². The minimum Gasteiger partial charge on any atom is -0.319 e. The number of nitrogens with two attached hydrogens (primary N) is 1. The molecular weight excluding hydrogens is 246 g/mol. The second-order valence-corrected chi connectivity index (χ2v) is 4.80. The molecule has 1 unspecified atom stereocenters. The Balaban J connectivity index is 2.15. The van der Waals surface area contributed by atoms with E-state index in [9.17, 15) is 0 Å². The molecule has 3 aromatic rings. The van der Waals surface area contributed by atoms with Crippen molar-refractivity contribution >= 4 is 10.9 Å². The van der Waals surface area contributed by atoms with E-state index in [-0.39, 0.29) is 6.04 Å². The fourth-order valence-corrected chi connectivity index (χ4v) is 2.56. The number of para-hydroxylation sites is 1. The number of hydrogen-bond acceptors (Lipinski definition) is 3. The summed E-state index contributed by atoms with van der Waals surface area (Å²) in [7, 11) is 0. The van der Waals surface area contributed by atoms with Crippen molar-refractivity contribution in [1.82, 2.24) is 9.97 Å². The van der Waals surface area contributed by atoms with Crippen LogP contribution in [0.3, 0.4) is 0 Å². The summed E-state index contributed by atoms with van der Waals surface area (Å²) in [5.74, 6) is 0. The normalized spacial score (nSPS) is 12.5. The molecule has 2 N–H and O–H groups in total. The van der Waals surface area contributed by atoms with Crippen LogP contribution in [0.4, 0.5) is 0 Å². The highest BCUT2D eigenvalue weighted by Gasteiger charge is 2.16. The van der Waals surface area contributed by atoms with E-state index in [2.05, 4.69) is 35.1 Å². The summed E-state index contributed by atoms with van der Waals surface area (Å²) in [4.78, 5) is 8.96. The number of hydrogen-bond donors (Lipinski definition) is 1. The van der Waals surface area contributed by atoms with Gasteiger partial charge >= 0.3 is 0 Å². The van der Waals surface area contributed by atoms with E-state index >= 15 is 0 Å². The van der Waals surface area contributed by atoms with Gasteiger partial charge in [-0.1, -0.05) is 37.3 Å². The van der Waals surface area contributed by atoms with Crippen LogP contribution in [0.15, 0.2) is 54.9 Å². The third-order valence-corrected chi connectivity index (χ3v) is 3.60. The molecule has 0 amide bonds. The van der Waals surface area contributed by atoms with Gasteiger partial charge in [0.15, 0.2) is 0 Å². The van der Waals surface area contributed by atoms with Crippen molar-refractivity contribution in [3.8, 4) is 0 Å². The van der Waals surface area contributed by atoms with Crippen molar-refractivity contribution in [1.29, 1.82) is 0 Å². The third kappa shape index (κ3) is 2.17. The van der Waals surface area contributed by atoms with E-state index in [1.807, 2.05) is 24.3 Å². The largest absolute Gasteiger partial charge is 0.319 e. The summed E-state index contributed by atoms with van der Waals surface area (Å²) in [5.41, 5.74) is 10.6. The fourth-order valence-electron chi connectivity index (χ4n) is 2.56. The number of aromatic nitrogens is 2. The summed E-state index contributed by atoms with van der Waals surface area (Å²) in [6.45, 7) is 2.12. The maximum Gasteiger partial charge on any atom is 0.0753 e. The molecule has 0 aliphatic carbocycles. The first kappa shape index (κ1) is 12.8. The molecule has 0 bridgehead atoms. The molecule has 0 aliphatic rings.